The van der Waals surface area contributed by atoms with Gasteiger partial charge in [-0.25, -0.2) is 0 Å². The standard InChI is InChI=1S/C14H14N4S/c1-9-7-19-8-11(9)13-12(14(15)18(2)17-13)10-3-5-16-6-4-10/h3-8H,15H2,1-2H3. The predicted molar refractivity (Wildman–Crippen MR) is 78.9 cm³/mol. The Hall–Kier alpha value is -2.14. The number of nitrogens with zero attached hydrogens (tertiary/aromatic N) is 3. The molecule has 19 heavy (non-hydrogen) atoms. The summed E-state index contributed by atoms with van der Waals surface area (Å²) < 4.78 is 1.72. The maximum absolute atomic E-state index is 6.18. The van der Waals surface area contributed by atoms with Gasteiger partial charge >= 0.3 is 0 Å². The number of hydrogen-bond donors (Lipinski definition) is 1. The number of aromatic nitrogens is 3. The summed E-state index contributed by atoms with van der Waals surface area (Å²) in [6, 6.07) is 3.91. The van der Waals surface area contributed by atoms with Crippen molar-refractivity contribution in [2.45, 2.75) is 6.92 Å². The Morgan fingerprint density at radius 3 is 2.58 bits per heavy atom. The van der Waals surface area contributed by atoms with Gasteiger partial charge in [0, 0.05) is 30.4 Å². The summed E-state index contributed by atoms with van der Waals surface area (Å²) >= 11 is 1.68. The molecule has 0 saturated heterocycles. The molecule has 0 atom stereocenters. The SMILES string of the molecule is Cc1cscc1-c1nn(C)c(N)c1-c1ccncc1. The van der Waals surface area contributed by atoms with Crippen LogP contribution in [0.15, 0.2) is 35.3 Å². The van der Waals surface area contributed by atoms with Crippen LogP contribution in [0.1, 0.15) is 5.56 Å². The fourth-order valence-electron chi connectivity index (χ4n) is 2.13. The van der Waals surface area contributed by atoms with Crippen LogP contribution < -0.4 is 5.73 Å². The lowest BCUT2D eigenvalue weighted by atomic mass is 10.0. The van der Waals surface area contributed by atoms with Gasteiger partial charge in [-0.3, -0.25) is 9.67 Å². The Morgan fingerprint density at radius 2 is 1.95 bits per heavy atom. The molecule has 4 nitrogen and oxygen atoms in total. The van der Waals surface area contributed by atoms with E-state index in [0.717, 1.165) is 22.4 Å². The summed E-state index contributed by atoms with van der Waals surface area (Å²) in [5, 5.41) is 8.80. The summed E-state index contributed by atoms with van der Waals surface area (Å²) in [4.78, 5) is 4.05. The maximum Gasteiger partial charge on any atom is 0.129 e. The average Bonchev–Trinajstić information content (AvgIpc) is 2.96. The van der Waals surface area contributed by atoms with E-state index >= 15 is 0 Å². The van der Waals surface area contributed by atoms with E-state index in [4.69, 9.17) is 5.73 Å². The van der Waals surface area contributed by atoms with E-state index < -0.39 is 0 Å². The monoisotopic (exact) mass is 270 g/mol. The Labute approximate surface area is 115 Å². The average molecular weight is 270 g/mol. The molecule has 3 heterocycles. The highest BCUT2D eigenvalue weighted by molar-refractivity contribution is 7.08. The molecule has 0 aliphatic rings. The van der Waals surface area contributed by atoms with Gasteiger partial charge in [0.25, 0.3) is 0 Å². The summed E-state index contributed by atoms with van der Waals surface area (Å²) in [5.41, 5.74) is 11.5. The Balaban J connectivity index is 2.28. The first-order valence-corrected chi connectivity index (χ1v) is 6.89. The molecule has 96 valence electrons. The third-order valence-corrected chi connectivity index (χ3v) is 4.03. The van der Waals surface area contributed by atoms with Gasteiger partial charge in [-0.15, -0.1) is 0 Å². The van der Waals surface area contributed by atoms with Gasteiger partial charge in [0.2, 0.25) is 0 Å². The van der Waals surface area contributed by atoms with E-state index in [2.05, 4.69) is 27.8 Å². The van der Waals surface area contributed by atoms with E-state index in [0.29, 0.717) is 5.82 Å². The lowest BCUT2D eigenvalue weighted by Gasteiger charge is -2.03. The van der Waals surface area contributed by atoms with Crippen LogP contribution in [0.25, 0.3) is 22.4 Å². The third-order valence-electron chi connectivity index (χ3n) is 3.17. The van der Waals surface area contributed by atoms with Crippen molar-refractivity contribution >= 4 is 17.2 Å². The van der Waals surface area contributed by atoms with Crippen molar-refractivity contribution in [1.29, 1.82) is 0 Å². The number of rotatable bonds is 2. The van der Waals surface area contributed by atoms with Crippen LogP contribution in [-0.2, 0) is 7.05 Å². The van der Waals surface area contributed by atoms with E-state index in [9.17, 15) is 0 Å². The first kappa shape index (κ1) is 11.9. The molecule has 0 unspecified atom stereocenters. The minimum Gasteiger partial charge on any atom is -0.383 e. The van der Waals surface area contributed by atoms with Crippen molar-refractivity contribution in [2.24, 2.45) is 7.05 Å². The summed E-state index contributed by atoms with van der Waals surface area (Å²) in [6.45, 7) is 2.09. The van der Waals surface area contributed by atoms with Crippen LogP contribution in [0, 0.1) is 6.92 Å². The highest BCUT2D eigenvalue weighted by Gasteiger charge is 2.18. The minimum atomic E-state index is 0.673. The molecular formula is C14H14N4S. The van der Waals surface area contributed by atoms with E-state index in [-0.39, 0.29) is 0 Å². The van der Waals surface area contributed by atoms with Crippen molar-refractivity contribution < 1.29 is 0 Å². The van der Waals surface area contributed by atoms with Gasteiger partial charge in [-0.1, -0.05) is 0 Å². The normalized spacial score (nSPS) is 10.8. The number of aryl methyl sites for hydroxylation is 2. The molecule has 0 aliphatic carbocycles. The van der Waals surface area contributed by atoms with Crippen LogP contribution in [0.4, 0.5) is 5.82 Å². The van der Waals surface area contributed by atoms with Crippen LogP contribution >= 0.6 is 11.3 Å². The second kappa shape index (κ2) is 4.51. The van der Waals surface area contributed by atoms with Gasteiger partial charge in [0.1, 0.15) is 11.5 Å². The smallest absolute Gasteiger partial charge is 0.129 e. The largest absolute Gasteiger partial charge is 0.383 e. The lowest BCUT2D eigenvalue weighted by molar-refractivity contribution is 0.782. The van der Waals surface area contributed by atoms with E-state index in [1.54, 1.807) is 28.4 Å². The fourth-order valence-corrected chi connectivity index (χ4v) is 2.96. The Bertz CT molecular complexity index is 712. The molecule has 0 saturated carbocycles. The zero-order chi connectivity index (χ0) is 13.4. The highest BCUT2D eigenvalue weighted by Crippen LogP contribution is 2.37. The van der Waals surface area contributed by atoms with Gasteiger partial charge in [-0.05, 0) is 35.6 Å². The number of nitrogens with two attached hydrogens (primary N) is 1. The van der Waals surface area contributed by atoms with Crippen LogP contribution in [-0.4, -0.2) is 14.8 Å². The molecule has 3 aromatic rings. The first-order chi connectivity index (χ1) is 9.18. The van der Waals surface area contributed by atoms with Gasteiger partial charge in [0.15, 0.2) is 0 Å². The molecule has 3 rings (SSSR count). The molecule has 0 radical (unpaired) electrons. The molecule has 2 N–H and O–H groups in total. The molecule has 3 aromatic heterocycles. The first-order valence-electron chi connectivity index (χ1n) is 5.94. The van der Waals surface area contributed by atoms with Crippen molar-refractivity contribution in [3.8, 4) is 22.4 Å². The number of hydrogen-bond acceptors (Lipinski definition) is 4. The molecular weight excluding hydrogens is 256 g/mol. The van der Waals surface area contributed by atoms with Crippen molar-refractivity contribution in [2.75, 3.05) is 5.73 Å². The zero-order valence-electron chi connectivity index (χ0n) is 10.8. The molecule has 0 aromatic carbocycles. The fraction of sp³-hybridized carbons (Fsp3) is 0.143. The topological polar surface area (TPSA) is 56.7 Å². The van der Waals surface area contributed by atoms with Crippen LogP contribution in [0.2, 0.25) is 0 Å². The molecule has 0 bridgehead atoms. The number of thiophene rings is 1. The predicted octanol–water partition coefficient (Wildman–Crippen LogP) is 3.10. The van der Waals surface area contributed by atoms with Gasteiger partial charge < -0.3 is 5.73 Å². The number of pyridine rings is 1. The summed E-state index contributed by atoms with van der Waals surface area (Å²) in [7, 11) is 1.87. The molecule has 0 fully saturated rings. The second-order valence-electron chi connectivity index (χ2n) is 4.44. The molecule has 0 aliphatic heterocycles. The van der Waals surface area contributed by atoms with Crippen LogP contribution in [0.3, 0.4) is 0 Å². The molecule has 0 spiro atoms. The van der Waals surface area contributed by atoms with Gasteiger partial charge in [0.05, 0.1) is 5.56 Å². The Kier molecular flexibility index (Phi) is 2.83. The summed E-state index contributed by atoms with van der Waals surface area (Å²) in [5.74, 6) is 0.673. The maximum atomic E-state index is 6.18. The number of anilines is 1. The van der Waals surface area contributed by atoms with Crippen LogP contribution in [0.5, 0.6) is 0 Å². The van der Waals surface area contributed by atoms with E-state index in [1.807, 2.05) is 19.2 Å². The second-order valence-corrected chi connectivity index (χ2v) is 5.18. The summed E-state index contributed by atoms with van der Waals surface area (Å²) in [6.07, 6.45) is 3.54. The van der Waals surface area contributed by atoms with Gasteiger partial charge in [-0.2, -0.15) is 16.4 Å². The minimum absolute atomic E-state index is 0.673. The highest BCUT2D eigenvalue weighted by atomic mass is 32.1. The third kappa shape index (κ3) is 1.92. The van der Waals surface area contributed by atoms with E-state index in [1.165, 1.54) is 5.56 Å². The van der Waals surface area contributed by atoms with Crippen molar-refractivity contribution in [3.05, 3.63) is 40.8 Å². The number of nitrogen functional groups attached to an aromatic ring is 1. The molecule has 5 heteroatoms. The Morgan fingerprint density at radius 1 is 1.21 bits per heavy atom. The lowest BCUT2D eigenvalue weighted by Crippen LogP contribution is -1.97. The van der Waals surface area contributed by atoms with Crippen molar-refractivity contribution in [3.63, 3.8) is 0 Å². The molecule has 0 amide bonds. The zero-order valence-corrected chi connectivity index (χ0v) is 11.6. The quantitative estimate of drug-likeness (QED) is 0.778. The van der Waals surface area contributed by atoms with Crippen molar-refractivity contribution in [1.82, 2.24) is 14.8 Å².